The van der Waals surface area contributed by atoms with Crippen LogP contribution in [0.2, 0.25) is 0 Å². The van der Waals surface area contributed by atoms with Crippen LogP contribution < -0.4 is 5.32 Å². The molecular weight excluding hydrogens is 195 g/mol. The lowest BCUT2D eigenvalue weighted by Crippen LogP contribution is -2.19. The number of ether oxygens (including phenoxy) is 1. The van der Waals surface area contributed by atoms with Crippen molar-refractivity contribution in [2.45, 2.75) is 12.5 Å². The van der Waals surface area contributed by atoms with Crippen LogP contribution in [0, 0.1) is 17.1 Å². The van der Waals surface area contributed by atoms with E-state index in [2.05, 4.69) is 5.32 Å². The molecule has 1 heterocycles. The van der Waals surface area contributed by atoms with Gasteiger partial charge >= 0.3 is 0 Å². The van der Waals surface area contributed by atoms with Gasteiger partial charge in [0.05, 0.1) is 18.3 Å². The summed E-state index contributed by atoms with van der Waals surface area (Å²) < 4.78 is 18.4. The third-order valence-electron chi connectivity index (χ3n) is 2.41. The van der Waals surface area contributed by atoms with Gasteiger partial charge in [0.2, 0.25) is 0 Å². The second kappa shape index (κ2) is 4.28. The van der Waals surface area contributed by atoms with Gasteiger partial charge in [-0.05, 0) is 18.6 Å². The first-order valence-corrected chi connectivity index (χ1v) is 4.84. The van der Waals surface area contributed by atoms with Crippen molar-refractivity contribution in [3.63, 3.8) is 0 Å². The van der Waals surface area contributed by atoms with Crippen molar-refractivity contribution in [1.29, 1.82) is 5.26 Å². The van der Waals surface area contributed by atoms with Crippen LogP contribution in [0.3, 0.4) is 0 Å². The fourth-order valence-electron chi connectivity index (χ4n) is 1.63. The van der Waals surface area contributed by atoms with Crippen LogP contribution in [0.15, 0.2) is 18.2 Å². The zero-order chi connectivity index (χ0) is 10.7. The molecule has 0 radical (unpaired) electrons. The quantitative estimate of drug-likeness (QED) is 0.803. The van der Waals surface area contributed by atoms with Gasteiger partial charge in [0.15, 0.2) is 0 Å². The van der Waals surface area contributed by atoms with Crippen LogP contribution in [0.1, 0.15) is 12.0 Å². The minimum Gasteiger partial charge on any atom is -0.379 e. The van der Waals surface area contributed by atoms with E-state index in [-0.39, 0.29) is 11.6 Å². The van der Waals surface area contributed by atoms with E-state index < -0.39 is 5.82 Å². The van der Waals surface area contributed by atoms with E-state index in [9.17, 15) is 4.39 Å². The number of rotatable bonds is 2. The van der Waals surface area contributed by atoms with Gasteiger partial charge in [-0.1, -0.05) is 6.07 Å². The van der Waals surface area contributed by atoms with Crippen molar-refractivity contribution in [3.8, 4) is 6.07 Å². The number of benzene rings is 1. The van der Waals surface area contributed by atoms with Crippen LogP contribution in [-0.2, 0) is 4.74 Å². The molecule has 0 saturated carbocycles. The Hall–Kier alpha value is -1.60. The summed E-state index contributed by atoms with van der Waals surface area (Å²) in [6, 6.07) is 6.63. The topological polar surface area (TPSA) is 45.0 Å². The molecule has 1 saturated heterocycles. The average Bonchev–Trinajstić information content (AvgIpc) is 2.71. The molecule has 3 nitrogen and oxygen atoms in total. The van der Waals surface area contributed by atoms with Crippen molar-refractivity contribution in [3.05, 3.63) is 29.6 Å². The lowest BCUT2D eigenvalue weighted by atomic mass is 10.1. The standard InChI is InChI=1S/C11H11FN2O/c12-10-2-1-3-11(9(10)6-13)14-8-4-5-15-7-8/h1-3,8,14H,4-5,7H2. The van der Waals surface area contributed by atoms with Gasteiger partial charge in [0, 0.05) is 6.61 Å². The highest BCUT2D eigenvalue weighted by Gasteiger charge is 2.17. The van der Waals surface area contributed by atoms with Crippen LogP contribution in [0.4, 0.5) is 10.1 Å². The number of hydrogen-bond acceptors (Lipinski definition) is 3. The Morgan fingerprint density at radius 3 is 3.07 bits per heavy atom. The molecule has 78 valence electrons. The summed E-state index contributed by atoms with van der Waals surface area (Å²) >= 11 is 0. The van der Waals surface area contributed by atoms with E-state index in [0.29, 0.717) is 12.3 Å². The molecule has 1 fully saturated rings. The monoisotopic (exact) mass is 206 g/mol. The summed E-state index contributed by atoms with van der Waals surface area (Å²) in [5.74, 6) is -0.485. The smallest absolute Gasteiger partial charge is 0.143 e. The summed E-state index contributed by atoms with van der Waals surface area (Å²) in [6.45, 7) is 1.33. The molecule has 1 aliphatic heterocycles. The second-order valence-electron chi connectivity index (χ2n) is 3.48. The van der Waals surface area contributed by atoms with Gasteiger partial charge in [0.1, 0.15) is 17.4 Å². The Morgan fingerprint density at radius 1 is 1.53 bits per heavy atom. The van der Waals surface area contributed by atoms with Crippen molar-refractivity contribution in [2.75, 3.05) is 18.5 Å². The molecule has 1 atom stereocenters. The Bertz CT molecular complexity index is 394. The van der Waals surface area contributed by atoms with Crippen molar-refractivity contribution >= 4 is 5.69 Å². The maximum Gasteiger partial charge on any atom is 0.143 e. The molecule has 1 aromatic carbocycles. The van der Waals surface area contributed by atoms with Crippen molar-refractivity contribution in [2.24, 2.45) is 0 Å². The molecule has 4 heteroatoms. The summed E-state index contributed by atoms with van der Waals surface area (Å²) in [5.41, 5.74) is 0.623. The number of anilines is 1. The first-order valence-electron chi connectivity index (χ1n) is 4.84. The van der Waals surface area contributed by atoms with Crippen LogP contribution >= 0.6 is 0 Å². The molecule has 1 aromatic rings. The van der Waals surface area contributed by atoms with Gasteiger partial charge in [-0.25, -0.2) is 4.39 Å². The van der Waals surface area contributed by atoms with Gasteiger partial charge in [-0.2, -0.15) is 5.26 Å². The zero-order valence-corrected chi connectivity index (χ0v) is 8.16. The van der Waals surface area contributed by atoms with E-state index in [0.717, 1.165) is 13.0 Å². The SMILES string of the molecule is N#Cc1c(F)cccc1NC1CCOC1. The van der Waals surface area contributed by atoms with Gasteiger partial charge in [-0.15, -0.1) is 0 Å². The normalized spacial score (nSPS) is 19.9. The Kier molecular flexibility index (Phi) is 2.84. The second-order valence-corrected chi connectivity index (χ2v) is 3.48. The van der Waals surface area contributed by atoms with Gasteiger partial charge < -0.3 is 10.1 Å². The van der Waals surface area contributed by atoms with E-state index in [1.807, 2.05) is 6.07 Å². The lowest BCUT2D eigenvalue weighted by Gasteiger charge is -2.13. The van der Waals surface area contributed by atoms with Crippen LogP contribution in [0.25, 0.3) is 0 Å². The molecule has 1 unspecified atom stereocenters. The maximum absolute atomic E-state index is 13.2. The van der Waals surface area contributed by atoms with Crippen LogP contribution in [-0.4, -0.2) is 19.3 Å². The first kappa shape index (κ1) is 9.94. The van der Waals surface area contributed by atoms with Gasteiger partial charge in [-0.3, -0.25) is 0 Å². The Labute approximate surface area is 87.5 Å². The fraction of sp³-hybridized carbons (Fsp3) is 0.364. The molecule has 1 N–H and O–H groups in total. The molecule has 2 rings (SSSR count). The first-order chi connectivity index (χ1) is 7.31. The summed E-state index contributed by atoms with van der Waals surface area (Å²) in [4.78, 5) is 0. The Morgan fingerprint density at radius 2 is 2.40 bits per heavy atom. The number of nitriles is 1. The highest BCUT2D eigenvalue weighted by Crippen LogP contribution is 2.20. The number of nitrogens with zero attached hydrogens (tertiary/aromatic N) is 1. The molecule has 0 aromatic heterocycles. The summed E-state index contributed by atoms with van der Waals surface area (Å²) in [7, 11) is 0. The van der Waals surface area contributed by atoms with Crippen LogP contribution in [0.5, 0.6) is 0 Å². The lowest BCUT2D eigenvalue weighted by molar-refractivity contribution is 0.195. The molecule has 0 bridgehead atoms. The largest absolute Gasteiger partial charge is 0.379 e. The molecule has 0 aliphatic carbocycles. The zero-order valence-electron chi connectivity index (χ0n) is 8.16. The van der Waals surface area contributed by atoms with E-state index in [1.165, 1.54) is 6.07 Å². The third-order valence-corrected chi connectivity index (χ3v) is 2.41. The number of halogens is 1. The summed E-state index contributed by atoms with van der Waals surface area (Å²) in [6.07, 6.45) is 0.890. The molecular formula is C11H11FN2O. The van der Waals surface area contributed by atoms with E-state index >= 15 is 0 Å². The average molecular weight is 206 g/mol. The van der Waals surface area contributed by atoms with E-state index in [1.54, 1.807) is 12.1 Å². The third kappa shape index (κ3) is 2.08. The molecule has 0 amide bonds. The molecule has 0 spiro atoms. The highest BCUT2D eigenvalue weighted by atomic mass is 19.1. The Balaban J connectivity index is 2.20. The molecule has 15 heavy (non-hydrogen) atoms. The minimum absolute atomic E-state index is 0.0735. The summed E-state index contributed by atoms with van der Waals surface area (Å²) in [5, 5.41) is 11.9. The predicted molar refractivity (Wildman–Crippen MR) is 54.0 cm³/mol. The predicted octanol–water partition coefficient (Wildman–Crippen LogP) is 1.90. The number of hydrogen-bond donors (Lipinski definition) is 1. The van der Waals surface area contributed by atoms with Crippen molar-refractivity contribution in [1.82, 2.24) is 0 Å². The fourth-order valence-corrected chi connectivity index (χ4v) is 1.63. The minimum atomic E-state index is -0.485. The maximum atomic E-state index is 13.2. The van der Waals surface area contributed by atoms with E-state index in [4.69, 9.17) is 10.00 Å². The highest BCUT2D eigenvalue weighted by molar-refractivity contribution is 5.58. The van der Waals surface area contributed by atoms with Gasteiger partial charge in [0.25, 0.3) is 0 Å². The molecule has 1 aliphatic rings. The van der Waals surface area contributed by atoms with Crippen molar-refractivity contribution < 1.29 is 9.13 Å². The number of nitrogens with one attached hydrogen (secondary N) is 1.